The van der Waals surface area contributed by atoms with E-state index in [9.17, 15) is 18.0 Å². The molecule has 0 N–H and O–H groups in total. The highest BCUT2D eigenvalue weighted by Gasteiger charge is 2.33. The van der Waals surface area contributed by atoms with E-state index in [1.54, 1.807) is 20.2 Å². The Labute approximate surface area is 168 Å². The highest BCUT2D eigenvalue weighted by Crippen LogP contribution is 2.34. The van der Waals surface area contributed by atoms with Crippen molar-refractivity contribution in [2.75, 3.05) is 18.6 Å². The molecule has 0 bridgehead atoms. The molecular formula is C21H23NO6S. The van der Waals surface area contributed by atoms with Crippen molar-refractivity contribution in [1.29, 1.82) is 0 Å². The number of carbonyl (C=O) groups excluding carboxylic acids is 1. The number of hydrogen-bond donors (Lipinski definition) is 0. The molecule has 1 saturated heterocycles. The van der Waals surface area contributed by atoms with E-state index >= 15 is 0 Å². The van der Waals surface area contributed by atoms with E-state index in [2.05, 4.69) is 0 Å². The molecule has 1 aromatic carbocycles. The zero-order valence-corrected chi connectivity index (χ0v) is 17.7. The minimum atomic E-state index is -3.10. The molecule has 8 heteroatoms. The van der Waals surface area contributed by atoms with Crippen LogP contribution in [0.25, 0.3) is 21.9 Å². The molecule has 0 aliphatic carbocycles. The third-order valence-electron chi connectivity index (χ3n) is 5.94. The molecule has 4 rings (SSSR count). The van der Waals surface area contributed by atoms with Gasteiger partial charge in [-0.25, -0.2) is 13.2 Å². The summed E-state index contributed by atoms with van der Waals surface area (Å²) in [5, 5.41) is 1.66. The fourth-order valence-electron chi connectivity index (χ4n) is 4.24. The molecule has 1 aliphatic rings. The standard InChI is InChI=1S/C21H23NO6S/c1-11-7-16-19(20-18(11)12(2)9-27-20)13(3)15(21(24)28-16)8-17(23)22(4)14-5-6-29(25,26)10-14/h7,9,14H,5-6,8,10H2,1-4H3/t14-/m0/s1. The summed E-state index contributed by atoms with van der Waals surface area (Å²) < 4.78 is 34.7. The number of sulfone groups is 1. The van der Waals surface area contributed by atoms with E-state index < -0.39 is 15.5 Å². The van der Waals surface area contributed by atoms with Crippen LogP contribution in [0.1, 0.15) is 28.7 Å². The van der Waals surface area contributed by atoms with Gasteiger partial charge in [0.1, 0.15) is 11.2 Å². The van der Waals surface area contributed by atoms with Crippen LogP contribution in [-0.4, -0.2) is 43.8 Å². The van der Waals surface area contributed by atoms with E-state index in [0.29, 0.717) is 28.5 Å². The molecule has 29 heavy (non-hydrogen) atoms. The van der Waals surface area contributed by atoms with Crippen molar-refractivity contribution in [1.82, 2.24) is 4.90 Å². The second-order valence-electron chi connectivity index (χ2n) is 7.92. The molecule has 1 aliphatic heterocycles. The predicted molar refractivity (Wildman–Crippen MR) is 110 cm³/mol. The fraction of sp³-hybridized carbons (Fsp3) is 0.429. The van der Waals surface area contributed by atoms with Crippen molar-refractivity contribution in [3.8, 4) is 0 Å². The van der Waals surface area contributed by atoms with Crippen molar-refractivity contribution in [3.05, 3.63) is 45.0 Å². The van der Waals surface area contributed by atoms with Gasteiger partial charge in [0.25, 0.3) is 0 Å². The largest absolute Gasteiger partial charge is 0.463 e. The molecule has 3 heterocycles. The zero-order chi connectivity index (χ0) is 21.1. The lowest BCUT2D eigenvalue weighted by atomic mass is 9.98. The van der Waals surface area contributed by atoms with Gasteiger partial charge in [-0.15, -0.1) is 0 Å². The van der Waals surface area contributed by atoms with Crippen LogP contribution in [0.4, 0.5) is 0 Å². The first-order valence-corrected chi connectivity index (χ1v) is 11.3. The number of amides is 1. The van der Waals surface area contributed by atoms with Crippen LogP contribution in [0.3, 0.4) is 0 Å². The number of nitrogens with zero attached hydrogens (tertiary/aromatic N) is 1. The summed E-state index contributed by atoms with van der Waals surface area (Å²) in [6.07, 6.45) is 1.94. The lowest BCUT2D eigenvalue weighted by molar-refractivity contribution is -0.130. The molecule has 0 saturated carbocycles. The lowest BCUT2D eigenvalue weighted by Crippen LogP contribution is -2.39. The maximum absolute atomic E-state index is 12.8. The van der Waals surface area contributed by atoms with Gasteiger partial charge in [-0.3, -0.25) is 4.79 Å². The van der Waals surface area contributed by atoms with Gasteiger partial charge in [-0.1, -0.05) is 0 Å². The average Bonchev–Trinajstić information content (AvgIpc) is 3.20. The number of rotatable bonds is 3. The Morgan fingerprint density at radius 3 is 2.59 bits per heavy atom. The molecule has 0 spiro atoms. The minimum Gasteiger partial charge on any atom is -0.463 e. The van der Waals surface area contributed by atoms with Gasteiger partial charge in [-0.2, -0.15) is 0 Å². The van der Waals surface area contributed by atoms with Crippen LogP contribution in [0.5, 0.6) is 0 Å². The highest BCUT2D eigenvalue weighted by molar-refractivity contribution is 7.91. The maximum atomic E-state index is 12.8. The molecule has 1 amide bonds. The summed E-state index contributed by atoms with van der Waals surface area (Å²) in [6, 6.07) is 1.46. The normalized spacial score (nSPS) is 18.6. The molecule has 1 atom stereocenters. The first-order chi connectivity index (χ1) is 13.6. The topological polar surface area (TPSA) is 97.8 Å². The summed E-state index contributed by atoms with van der Waals surface area (Å²) in [5.74, 6) is -0.255. The van der Waals surface area contributed by atoms with Crippen LogP contribution < -0.4 is 5.63 Å². The van der Waals surface area contributed by atoms with Gasteiger partial charge in [0.2, 0.25) is 5.91 Å². The molecule has 1 fully saturated rings. The number of aryl methyl sites for hydroxylation is 3. The summed E-state index contributed by atoms with van der Waals surface area (Å²) in [7, 11) is -1.52. The van der Waals surface area contributed by atoms with Crippen molar-refractivity contribution < 1.29 is 22.0 Å². The molecule has 7 nitrogen and oxygen atoms in total. The van der Waals surface area contributed by atoms with Gasteiger partial charge in [0.15, 0.2) is 9.84 Å². The van der Waals surface area contributed by atoms with Gasteiger partial charge < -0.3 is 13.7 Å². The van der Waals surface area contributed by atoms with Crippen LogP contribution >= 0.6 is 0 Å². The number of benzene rings is 1. The number of fused-ring (bicyclic) bond motifs is 3. The van der Waals surface area contributed by atoms with E-state index in [4.69, 9.17) is 8.83 Å². The molecule has 0 unspecified atom stereocenters. The quantitative estimate of drug-likeness (QED) is 0.608. The van der Waals surface area contributed by atoms with Crippen LogP contribution in [0.15, 0.2) is 26.0 Å². The Bertz CT molecular complexity index is 1310. The van der Waals surface area contributed by atoms with Crippen LogP contribution in [0.2, 0.25) is 0 Å². The molecule has 2 aromatic heterocycles. The molecule has 154 valence electrons. The Morgan fingerprint density at radius 1 is 1.21 bits per heavy atom. The monoisotopic (exact) mass is 417 g/mol. The van der Waals surface area contributed by atoms with Crippen molar-refractivity contribution >= 4 is 37.7 Å². The molecule has 3 aromatic rings. The van der Waals surface area contributed by atoms with Crippen molar-refractivity contribution in [2.24, 2.45) is 0 Å². The van der Waals surface area contributed by atoms with Gasteiger partial charge >= 0.3 is 5.63 Å². The Kier molecular flexibility index (Phi) is 4.57. The SMILES string of the molecule is Cc1coc2c1c(C)cc1oc(=O)c(CC(=O)N(C)[C@H]3CCS(=O)(=O)C3)c(C)c12. The fourth-order valence-corrected chi connectivity index (χ4v) is 6.01. The Morgan fingerprint density at radius 2 is 1.93 bits per heavy atom. The van der Waals surface area contributed by atoms with Gasteiger partial charge in [0.05, 0.1) is 35.1 Å². The first kappa shape index (κ1) is 19.7. The minimum absolute atomic E-state index is 0.0356. The second kappa shape index (κ2) is 6.73. The summed E-state index contributed by atoms with van der Waals surface area (Å²) >= 11 is 0. The van der Waals surface area contributed by atoms with E-state index in [1.807, 2.05) is 19.9 Å². The van der Waals surface area contributed by atoms with Gasteiger partial charge in [0, 0.05) is 18.5 Å². The second-order valence-corrected chi connectivity index (χ2v) is 10.1. The third kappa shape index (κ3) is 3.25. The number of hydrogen-bond acceptors (Lipinski definition) is 6. The summed E-state index contributed by atoms with van der Waals surface area (Å²) in [4.78, 5) is 26.9. The number of furan rings is 1. The lowest BCUT2D eigenvalue weighted by Gasteiger charge is -2.23. The number of carbonyl (C=O) groups is 1. The number of likely N-dealkylation sites (N-methyl/N-ethyl adjacent to an activating group) is 1. The van der Waals surface area contributed by atoms with Gasteiger partial charge in [-0.05, 0) is 49.9 Å². The Hall–Kier alpha value is -2.61. The highest BCUT2D eigenvalue weighted by atomic mass is 32.2. The van der Waals surface area contributed by atoms with E-state index in [-0.39, 0.29) is 35.4 Å². The average molecular weight is 417 g/mol. The predicted octanol–water partition coefficient (Wildman–Crippen LogP) is 2.65. The summed E-state index contributed by atoms with van der Waals surface area (Å²) in [5.41, 5.74) is 3.38. The summed E-state index contributed by atoms with van der Waals surface area (Å²) in [6.45, 7) is 5.67. The molecule has 0 radical (unpaired) electrons. The van der Waals surface area contributed by atoms with Crippen LogP contribution in [-0.2, 0) is 21.1 Å². The molecular weight excluding hydrogens is 394 g/mol. The third-order valence-corrected chi connectivity index (χ3v) is 7.69. The zero-order valence-electron chi connectivity index (χ0n) is 16.9. The smallest absolute Gasteiger partial charge is 0.340 e. The van der Waals surface area contributed by atoms with E-state index in [1.165, 1.54) is 4.90 Å². The van der Waals surface area contributed by atoms with Crippen LogP contribution in [0, 0.1) is 20.8 Å². The Balaban J connectivity index is 1.76. The maximum Gasteiger partial charge on any atom is 0.340 e. The van der Waals surface area contributed by atoms with E-state index in [0.717, 1.165) is 16.5 Å². The first-order valence-electron chi connectivity index (χ1n) is 9.49. The van der Waals surface area contributed by atoms with Crippen molar-refractivity contribution in [2.45, 2.75) is 39.7 Å². The van der Waals surface area contributed by atoms with Crippen molar-refractivity contribution in [3.63, 3.8) is 0 Å².